The topological polar surface area (TPSA) is 51.0 Å². The minimum atomic E-state index is 0.178. The van der Waals surface area contributed by atoms with Crippen LogP contribution < -0.4 is 0 Å². The van der Waals surface area contributed by atoms with Crippen LogP contribution in [0.25, 0.3) is 11.4 Å². The van der Waals surface area contributed by atoms with Gasteiger partial charge in [-0.05, 0) is 30.4 Å². The summed E-state index contributed by atoms with van der Waals surface area (Å²) in [5.74, 6) is 2.48. The number of rotatable bonds is 6. The second kappa shape index (κ2) is 9.06. The van der Waals surface area contributed by atoms with E-state index in [1.54, 1.807) is 0 Å². The highest BCUT2D eigenvalue weighted by Gasteiger charge is 2.26. The molecule has 1 aromatic carbocycles. The van der Waals surface area contributed by atoms with Crippen molar-refractivity contribution in [3.05, 3.63) is 41.4 Å². The summed E-state index contributed by atoms with van der Waals surface area (Å²) in [4.78, 5) is 14.7. The number of benzene rings is 1. The van der Waals surface area contributed by atoms with E-state index >= 15 is 0 Å². The van der Waals surface area contributed by atoms with Crippen LogP contribution in [0, 0.1) is 11.8 Å². The quantitative estimate of drug-likeness (QED) is 0.482. The minimum absolute atomic E-state index is 0.178. The Bertz CT molecular complexity index is 795. The average molecular weight is 449 g/mol. The van der Waals surface area contributed by atoms with Crippen molar-refractivity contribution in [2.45, 2.75) is 32.0 Å². The predicted molar refractivity (Wildman–Crippen MR) is 114 cm³/mol. The summed E-state index contributed by atoms with van der Waals surface area (Å²) in [5, 5.41) is 9.43. The van der Waals surface area contributed by atoms with E-state index in [9.17, 15) is 4.79 Å². The standard InChI is InChI=1S/C20H25BrN4OS/c1-4-9-25-19(16-5-7-17(21)8-6-16)22-23-20(25)27-13-18(26)24-11-14(2)10-15(3)12-24/h4-8,14-15H,1,9-13H2,2-3H3. The number of allylic oxidation sites excluding steroid dienone is 1. The Hall–Kier alpha value is -1.60. The number of carbonyl (C=O) groups excluding carboxylic acids is 1. The van der Waals surface area contributed by atoms with Gasteiger partial charge >= 0.3 is 0 Å². The van der Waals surface area contributed by atoms with E-state index in [0.717, 1.165) is 34.1 Å². The zero-order valence-corrected chi connectivity index (χ0v) is 18.2. The number of likely N-dealkylation sites (tertiary alicyclic amines) is 1. The average Bonchev–Trinajstić information content (AvgIpc) is 3.02. The van der Waals surface area contributed by atoms with E-state index in [1.165, 1.54) is 18.2 Å². The summed E-state index contributed by atoms with van der Waals surface area (Å²) in [6.45, 7) is 10.6. The second-order valence-electron chi connectivity index (χ2n) is 7.25. The Morgan fingerprint density at radius 2 is 1.93 bits per heavy atom. The Balaban J connectivity index is 1.72. The number of hydrogen-bond acceptors (Lipinski definition) is 4. The maximum absolute atomic E-state index is 12.7. The molecule has 27 heavy (non-hydrogen) atoms. The van der Waals surface area contributed by atoms with Crippen molar-refractivity contribution in [1.82, 2.24) is 19.7 Å². The molecular weight excluding hydrogens is 424 g/mol. The largest absolute Gasteiger partial charge is 0.341 e. The Labute approximate surface area is 173 Å². The van der Waals surface area contributed by atoms with Crippen molar-refractivity contribution in [1.29, 1.82) is 0 Å². The zero-order chi connectivity index (χ0) is 19.4. The maximum Gasteiger partial charge on any atom is 0.233 e. The SMILES string of the molecule is C=CCn1c(SCC(=O)N2CC(C)CC(C)C2)nnc1-c1ccc(Br)cc1. The summed E-state index contributed by atoms with van der Waals surface area (Å²) in [6.07, 6.45) is 3.02. The second-order valence-corrected chi connectivity index (χ2v) is 9.10. The van der Waals surface area contributed by atoms with Crippen LogP contribution >= 0.6 is 27.7 Å². The van der Waals surface area contributed by atoms with E-state index < -0.39 is 0 Å². The first kappa shape index (κ1) is 20.1. The molecule has 0 saturated carbocycles. The molecule has 3 rings (SSSR count). The molecular formula is C20H25BrN4OS. The molecule has 0 N–H and O–H groups in total. The van der Waals surface area contributed by atoms with Crippen LogP contribution in [0.3, 0.4) is 0 Å². The Morgan fingerprint density at radius 1 is 1.26 bits per heavy atom. The van der Waals surface area contributed by atoms with Crippen LogP contribution in [0.4, 0.5) is 0 Å². The fourth-order valence-corrected chi connectivity index (χ4v) is 4.70. The van der Waals surface area contributed by atoms with E-state index in [2.05, 4.69) is 46.6 Å². The molecule has 0 spiro atoms. The predicted octanol–water partition coefficient (Wildman–Crippen LogP) is 4.49. The van der Waals surface area contributed by atoms with E-state index in [4.69, 9.17) is 0 Å². The summed E-state index contributed by atoms with van der Waals surface area (Å²) in [6, 6.07) is 7.97. The van der Waals surface area contributed by atoms with Crippen LogP contribution in [0.5, 0.6) is 0 Å². The van der Waals surface area contributed by atoms with Gasteiger partial charge in [0.25, 0.3) is 0 Å². The first-order chi connectivity index (χ1) is 13.0. The molecule has 2 heterocycles. The Kier molecular flexibility index (Phi) is 6.76. The summed E-state index contributed by atoms with van der Waals surface area (Å²) < 4.78 is 3.03. The molecule has 7 heteroatoms. The van der Waals surface area contributed by atoms with Gasteiger partial charge in [-0.2, -0.15) is 0 Å². The van der Waals surface area contributed by atoms with Gasteiger partial charge < -0.3 is 4.90 Å². The van der Waals surface area contributed by atoms with Crippen molar-refractivity contribution in [2.75, 3.05) is 18.8 Å². The summed E-state index contributed by atoms with van der Waals surface area (Å²) in [7, 11) is 0. The van der Waals surface area contributed by atoms with E-state index in [1.807, 2.05) is 39.8 Å². The molecule has 0 radical (unpaired) electrons. The van der Waals surface area contributed by atoms with Crippen molar-refractivity contribution in [3.8, 4) is 11.4 Å². The molecule has 1 aliphatic heterocycles. The first-order valence-electron chi connectivity index (χ1n) is 9.18. The number of aromatic nitrogens is 3. The zero-order valence-electron chi connectivity index (χ0n) is 15.8. The lowest BCUT2D eigenvalue weighted by Gasteiger charge is -2.34. The molecule has 1 aliphatic rings. The van der Waals surface area contributed by atoms with Gasteiger partial charge in [-0.15, -0.1) is 16.8 Å². The van der Waals surface area contributed by atoms with Crippen LogP contribution in [0.1, 0.15) is 20.3 Å². The normalized spacial score (nSPS) is 19.9. The van der Waals surface area contributed by atoms with Crippen LogP contribution in [-0.2, 0) is 11.3 Å². The van der Waals surface area contributed by atoms with Crippen LogP contribution in [0.2, 0.25) is 0 Å². The molecule has 1 fully saturated rings. The number of halogens is 1. The number of amides is 1. The highest BCUT2D eigenvalue weighted by Crippen LogP contribution is 2.27. The molecule has 1 saturated heterocycles. The van der Waals surface area contributed by atoms with Crippen molar-refractivity contribution >= 4 is 33.6 Å². The molecule has 0 bridgehead atoms. The van der Waals surface area contributed by atoms with E-state index in [-0.39, 0.29) is 5.91 Å². The van der Waals surface area contributed by atoms with E-state index in [0.29, 0.717) is 24.1 Å². The third kappa shape index (κ3) is 5.02. The lowest BCUT2D eigenvalue weighted by molar-refractivity contribution is -0.130. The summed E-state index contributed by atoms with van der Waals surface area (Å²) in [5.41, 5.74) is 0.990. The van der Waals surface area contributed by atoms with Crippen LogP contribution in [-0.4, -0.2) is 44.4 Å². The number of piperidine rings is 1. The molecule has 1 amide bonds. The van der Waals surface area contributed by atoms with Gasteiger partial charge in [-0.1, -0.05) is 59.7 Å². The molecule has 2 atom stereocenters. The fourth-order valence-electron chi connectivity index (χ4n) is 3.59. The molecule has 1 aromatic heterocycles. The molecule has 2 aromatic rings. The molecule has 144 valence electrons. The van der Waals surface area contributed by atoms with Gasteiger partial charge in [0.15, 0.2) is 11.0 Å². The van der Waals surface area contributed by atoms with Gasteiger partial charge in [0, 0.05) is 29.7 Å². The number of hydrogen-bond donors (Lipinski definition) is 0. The van der Waals surface area contributed by atoms with Gasteiger partial charge in [-0.25, -0.2) is 0 Å². The number of nitrogens with zero attached hydrogens (tertiary/aromatic N) is 4. The smallest absolute Gasteiger partial charge is 0.233 e. The van der Waals surface area contributed by atoms with Crippen LogP contribution in [0.15, 0.2) is 46.5 Å². The molecule has 0 aliphatic carbocycles. The number of carbonyl (C=O) groups is 1. The fraction of sp³-hybridized carbons (Fsp3) is 0.450. The van der Waals surface area contributed by atoms with Gasteiger partial charge in [-0.3, -0.25) is 9.36 Å². The summed E-state index contributed by atoms with van der Waals surface area (Å²) >= 11 is 4.91. The molecule has 2 unspecified atom stereocenters. The van der Waals surface area contributed by atoms with Gasteiger partial charge in [0.1, 0.15) is 0 Å². The first-order valence-corrected chi connectivity index (χ1v) is 11.0. The monoisotopic (exact) mass is 448 g/mol. The minimum Gasteiger partial charge on any atom is -0.341 e. The third-order valence-electron chi connectivity index (χ3n) is 4.68. The third-order valence-corrected chi connectivity index (χ3v) is 6.16. The Morgan fingerprint density at radius 3 is 2.56 bits per heavy atom. The molecule has 5 nitrogen and oxygen atoms in total. The highest BCUT2D eigenvalue weighted by molar-refractivity contribution is 9.10. The van der Waals surface area contributed by atoms with Crippen molar-refractivity contribution < 1.29 is 4.79 Å². The lowest BCUT2D eigenvalue weighted by Crippen LogP contribution is -2.43. The maximum atomic E-state index is 12.7. The van der Waals surface area contributed by atoms with Crippen molar-refractivity contribution in [2.24, 2.45) is 11.8 Å². The van der Waals surface area contributed by atoms with Crippen molar-refractivity contribution in [3.63, 3.8) is 0 Å². The van der Waals surface area contributed by atoms with Gasteiger partial charge in [0.05, 0.1) is 5.75 Å². The number of thioether (sulfide) groups is 1. The van der Waals surface area contributed by atoms with Gasteiger partial charge in [0.2, 0.25) is 5.91 Å². The lowest BCUT2D eigenvalue weighted by atomic mass is 9.92. The highest BCUT2D eigenvalue weighted by atomic mass is 79.9.